The van der Waals surface area contributed by atoms with E-state index >= 15 is 0 Å². The summed E-state index contributed by atoms with van der Waals surface area (Å²) < 4.78 is 27.8. The monoisotopic (exact) mass is 493 g/mol. The van der Waals surface area contributed by atoms with E-state index in [1.54, 1.807) is 30.1 Å². The van der Waals surface area contributed by atoms with Gasteiger partial charge in [-0.3, -0.25) is 13.9 Å². The Kier molecular flexibility index (Phi) is 7.12. The summed E-state index contributed by atoms with van der Waals surface area (Å²) in [7, 11) is -2.10. The molecular weight excluding hydrogens is 462 g/mol. The molecule has 0 saturated carbocycles. The Morgan fingerprint density at radius 2 is 1.71 bits per heavy atom. The van der Waals surface area contributed by atoms with E-state index in [0.29, 0.717) is 30.0 Å². The van der Waals surface area contributed by atoms with E-state index in [1.165, 1.54) is 4.31 Å². The van der Waals surface area contributed by atoms with Crippen molar-refractivity contribution in [1.82, 2.24) is 10.2 Å². The molecule has 1 N–H and O–H groups in total. The molecule has 4 rings (SSSR count). The average Bonchev–Trinajstić information content (AvgIpc) is 3.08. The molecule has 8 heteroatoms. The molecule has 0 radical (unpaired) electrons. The van der Waals surface area contributed by atoms with Crippen molar-refractivity contribution >= 4 is 38.3 Å². The van der Waals surface area contributed by atoms with E-state index in [0.717, 1.165) is 21.9 Å². The minimum Gasteiger partial charge on any atom is -0.357 e. The fourth-order valence-corrected chi connectivity index (χ4v) is 6.44. The largest absolute Gasteiger partial charge is 0.357 e. The highest BCUT2D eigenvalue weighted by molar-refractivity contribution is 7.93. The topological polar surface area (TPSA) is 86.8 Å². The van der Waals surface area contributed by atoms with E-state index in [2.05, 4.69) is 5.32 Å². The molecule has 35 heavy (non-hydrogen) atoms. The van der Waals surface area contributed by atoms with Crippen LogP contribution < -0.4 is 9.62 Å². The molecule has 0 fully saturated rings. The number of hydrogen-bond acceptors (Lipinski definition) is 4. The summed E-state index contributed by atoms with van der Waals surface area (Å²) in [5.74, 6) is -0.384. The SMILES string of the molecule is CCC(C(=O)NC)N(Cc1ccc(C)cc1)C(=O)CCCN1c2cccc3cccc(c23)S1(=O)=O. The van der Waals surface area contributed by atoms with E-state index in [4.69, 9.17) is 0 Å². The molecule has 0 saturated heterocycles. The minimum atomic E-state index is -3.66. The van der Waals surface area contributed by atoms with Crippen LogP contribution in [0, 0.1) is 6.92 Å². The number of carbonyl (C=O) groups excluding carboxylic acids is 2. The van der Waals surface area contributed by atoms with Crippen LogP contribution in [0.2, 0.25) is 0 Å². The molecule has 1 aliphatic heterocycles. The van der Waals surface area contributed by atoms with Crippen LogP contribution in [0.25, 0.3) is 10.8 Å². The zero-order chi connectivity index (χ0) is 25.2. The van der Waals surface area contributed by atoms with Crippen LogP contribution >= 0.6 is 0 Å². The molecule has 3 aromatic rings. The Hall–Kier alpha value is -3.39. The van der Waals surface area contributed by atoms with Gasteiger partial charge in [0.1, 0.15) is 6.04 Å². The highest BCUT2D eigenvalue weighted by atomic mass is 32.2. The van der Waals surface area contributed by atoms with Crippen LogP contribution in [-0.2, 0) is 26.2 Å². The van der Waals surface area contributed by atoms with Gasteiger partial charge in [0.05, 0.1) is 10.6 Å². The van der Waals surface area contributed by atoms with E-state index < -0.39 is 16.1 Å². The van der Waals surface area contributed by atoms with Gasteiger partial charge in [-0.15, -0.1) is 0 Å². The number of nitrogens with zero attached hydrogens (tertiary/aromatic N) is 2. The molecule has 184 valence electrons. The molecule has 1 heterocycles. The Morgan fingerprint density at radius 1 is 1.03 bits per heavy atom. The number of nitrogens with one attached hydrogen (secondary N) is 1. The van der Waals surface area contributed by atoms with Crippen LogP contribution in [-0.4, -0.2) is 44.8 Å². The van der Waals surface area contributed by atoms with Crippen molar-refractivity contribution in [2.24, 2.45) is 0 Å². The summed E-state index contributed by atoms with van der Waals surface area (Å²) in [4.78, 5) is 27.8. The second-order valence-corrected chi connectivity index (χ2v) is 10.7. The van der Waals surface area contributed by atoms with Crippen molar-refractivity contribution in [2.75, 3.05) is 17.9 Å². The van der Waals surface area contributed by atoms with Gasteiger partial charge in [-0.25, -0.2) is 8.42 Å². The van der Waals surface area contributed by atoms with Crippen LogP contribution in [0.5, 0.6) is 0 Å². The highest BCUT2D eigenvalue weighted by Gasteiger charge is 2.35. The van der Waals surface area contributed by atoms with Gasteiger partial charge in [-0.2, -0.15) is 0 Å². The molecular formula is C27H31N3O4S. The van der Waals surface area contributed by atoms with Crippen LogP contribution in [0.1, 0.15) is 37.3 Å². The fourth-order valence-electron chi connectivity index (χ4n) is 4.69. The fraction of sp³-hybridized carbons (Fsp3) is 0.333. The van der Waals surface area contributed by atoms with Gasteiger partial charge in [0, 0.05) is 31.9 Å². The smallest absolute Gasteiger partial charge is 0.265 e. The normalized spacial score (nSPS) is 14.7. The number of aryl methyl sites for hydroxylation is 1. The Morgan fingerprint density at radius 3 is 2.37 bits per heavy atom. The van der Waals surface area contributed by atoms with Gasteiger partial charge >= 0.3 is 0 Å². The predicted molar refractivity (Wildman–Crippen MR) is 138 cm³/mol. The number of anilines is 1. The summed E-state index contributed by atoms with van der Waals surface area (Å²) >= 11 is 0. The molecule has 1 atom stereocenters. The van der Waals surface area contributed by atoms with Crippen molar-refractivity contribution in [3.63, 3.8) is 0 Å². The second-order valence-electron chi connectivity index (χ2n) is 8.86. The first-order chi connectivity index (χ1) is 16.8. The van der Waals surface area contributed by atoms with Crippen molar-refractivity contribution in [2.45, 2.75) is 50.6 Å². The molecule has 1 unspecified atom stereocenters. The van der Waals surface area contributed by atoms with E-state index in [1.807, 2.05) is 56.3 Å². The van der Waals surface area contributed by atoms with Crippen molar-refractivity contribution in [1.29, 1.82) is 0 Å². The minimum absolute atomic E-state index is 0.137. The first-order valence-corrected chi connectivity index (χ1v) is 13.3. The lowest BCUT2D eigenvalue weighted by molar-refractivity contribution is -0.141. The lowest BCUT2D eigenvalue weighted by atomic mass is 10.1. The maximum absolute atomic E-state index is 13.4. The number of rotatable bonds is 9. The number of amides is 2. The quantitative estimate of drug-likeness (QED) is 0.488. The zero-order valence-electron chi connectivity index (χ0n) is 20.3. The van der Waals surface area contributed by atoms with Gasteiger partial charge in [0.25, 0.3) is 10.0 Å². The number of sulfonamides is 1. The van der Waals surface area contributed by atoms with E-state index in [9.17, 15) is 18.0 Å². The zero-order valence-corrected chi connectivity index (χ0v) is 21.1. The molecule has 1 aliphatic rings. The van der Waals surface area contributed by atoms with Crippen molar-refractivity contribution < 1.29 is 18.0 Å². The van der Waals surface area contributed by atoms with Gasteiger partial charge in [0.2, 0.25) is 11.8 Å². The maximum atomic E-state index is 13.4. The van der Waals surface area contributed by atoms with Gasteiger partial charge in [0.15, 0.2) is 0 Å². The van der Waals surface area contributed by atoms with Gasteiger partial charge in [-0.05, 0) is 42.8 Å². The third-order valence-electron chi connectivity index (χ3n) is 6.54. The molecule has 0 aromatic heterocycles. The molecule has 2 amide bonds. The number of hydrogen-bond donors (Lipinski definition) is 1. The molecule has 7 nitrogen and oxygen atoms in total. The summed E-state index contributed by atoms with van der Waals surface area (Å²) in [5, 5.41) is 4.27. The third-order valence-corrected chi connectivity index (χ3v) is 8.39. The molecule has 0 spiro atoms. The molecule has 3 aromatic carbocycles. The van der Waals surface area contributed by atoms with Crippen LogP contribution in [0.4, 0.5) is 5.69 Å². The Bertz CT molecular complexity index is 1350. The lowest BCUT2D eigenvalue weighted by Crippen LogP contribution is -2.48. The van der Waals surface area contributed by atoms with Crippen LogP contribution in [0.15, 0.2) is 65.6 Å². The van der Waals surface area contributed by atoms with Gasteiger partial charge < -0.3 is 10.2 Å². The first kappa shape index (κ1) is 24.7. The van der Waals surface area contributed by atoms with Crippen LogP contribution in [0.3, 0.4) is 0 Å². The first-order valence-electron chi connectivity index (χ1n) is 11.9. The van der Waals surface area contributed by atoms with Gasteiger partial charge in [-0.1, -0.05) is 61.0 Å². The molecule has 0 aliphatic carbocycles. The van der Waals surface area contributed by atoms with Crippen molar-refractivity contribution in [3.8, 4) is 0 Å². The highest BCUT2D eigenvalue weighted by Crippen LogP contribution is 2.42. The summed E-state index contributed by atoms with van der Waals surface area (Å²) in [6.07, 6.45) is 0.962. The lowest BCUT2D eigenvalue weighted by Gasteiger charge is -2.30. The third kappa shape index (κ3) is 4.75. The standard InChI is InChI=1S/C27H31N3O4S/c1-4-22(27(32)28-3)29(18-20-15-13-19(2)14-16-20)25(31)12-7-17-30-23-10-5-8-21-9-6-11-24(26(21)23)35(30,33)34/h5-6,8-11,13-16,22H,4,7,12,17-18H2,1-3H3,(H,28,32). The molecule has 0 bridgehead atoms. The second kappa shape index (κ2) is 10.1. The number of benzene rings is 3. The summed E-state index contributed by atoms with van der Waals surface area (Å²) in [5.41, 5.74) is 2.71. The van der Waals surface area contributed by atoms with Crippen molar-refractivity contribution in [3.05, 3.63) is 71.8 Å². The maximum Gasteiger partial charge on any atom is 0.265 e. The predicted octanol–water partition coefficient (Wildman–Crippen LogP) is 3.99. The van der Waals surface area contributed by atoms with E-state index in [-0.39, 0.29) is 24.8 Å². The number of likely N-dealkylation sites (N-methyl/N-ethyl adjacent to an activating group) is 1. The Labute approximate surface area is 206 Å². The number of carbonyl (C=O) groups is 2. The average molecular weight is 494 g/mol. The summed E-state index contributed by atoms with van der Waals surface area (Å²) in [6.45, 7) is 4.39. The summed E-state index contributed by atoms with van der Waals surface area (Å²) in [6, 6.07) is 18.1. The Balaban J connectivity index is 1.51.